The molecule has 264 valence electrons. The van der Waals surface area contributed by atoms with Gasteiger partial charge in [0.2, 0.25) is 0 Å². The number of hydrogen-bond acceptors (Lipinski definition) is 9. The zero-order valence-electron chi connectivity index (χ0n) is 26.4. The predicted molar refractivity (Wildman–Crippen MR) is 192 cm³/mol. The summed E-state index contributed by atoms with van der Waals surface area (Å²) in [6, 6.07) is 10.6. The van der Waals surface area contributed by atoms with E-state index in [-0.39, 0.29) is 56.4 Å². The summed E-state index contributed by atoms with van der Waals surface area (Å²) in [5, 5.41) is 23.2. The summed E-state index contributed by atoms with van der Waals surface area (Å²) in [7, 11) is -9.02. The number of aliphatic imine (C=N–C) groups is 2. The lowest BCUT2D eigenvalue weighted by atomic mass is 9.89. The Bertz CT molecular complexity index is 2290. The van der Waals surface area contributed by atoms with Crippen molar-refractivity contribution in [3.63, 3.8) is 0 Å². The maximum absolute atomic E-state index is 13.0. The van der Waals surface area contributed by atoms with Crippen LogP contribution in [0.1, 0.15) is 20.7 Å². The molecule has 4 amide bonds. The topological polar surface area (TPSA) is 249 Å². The van der Waals surface area contributed by atoms with E-state index < -0.39 is 48.6 Å². The van der Waals surface area contributed by atoms with E-state index in [1.54, 1.807) is 0 Å². The third kappa shape index (κ3) is 7.42. The van der Waals surface area contributed by atoms with Gasteiger partial charge in [-0.25, -0.2) is 14.8 Å². The van der Waals surface area contributed by atoms with Crippen LogP contribution in [0.25, 0.3) is 0 Å². The third-order valence-electron chi connectivity index (χ3n) is 8.02. The maximum Gasteiger partial charge on any atom is 0.323 e. The van der Waals surface area contributed by atoms with Crippen LogP contribution in [-0.4, -0.2) is 75.9 Å². The second kappa shape index (κ2) is 13.8. The second-order valence-corrected chi connectivity index (χ2v) is 14.5. The minimum atomic E-state index is -4.51. The molecule has 0 saturated heterocycles. The largest absolute Gasteiger partial charge is 0.506 e. The van der Waals surface area contributed by atoms with Gasteiger partial charge >= 0.3 is 6.03 Å². The number of urea groups is 1. The summed E-state index contributed by atoms with van der Waals surface area (Å²) >= 11 is 0. The van der Waals surface area contributed by atoms with Gasteiger partial charge in [0.25, 0.3) is 32.1 Å². The van der Waals surface area contributed by atoms with Gasteiger partial charge in [0.15, 0.2) is 0 Å². The minimum Gasteiger partial charge on any atom is -0.506 e. The van der Waals surface area contributed by atoms with E-state index in [9.17, 15) is 50.5 Å². The molecule has 0 bridgehead atoms. The number of carbonyl (C=O) groups excluding carboxylic acids is 3. The Morgan fingerprint density at radius 2 is 0.923 bits per heavy atom. The Morgan fingerprint density at radius 3 is 1.27 bits per heavy atom. The average molecular weight is 743 g/mol. The van der Waals surface area contributed by atoms with Gasteiger partial charge in [0.1, 0.15) is 33.4 Å². The average Bonchev–Trinajstić information content (AvgIpc) is 3.09. The molecule has 2 atom stereocenters. The van der Waals surface area contributed by atoms with Crippen LogP contribution in [-0.2, 0) is 20.2 Å². The van der Waals surface area contributed by atoms with Crippen molar-refractivity contribution in [3.8, 4) is 0 Å². The van der Waals surface area contributed by atoms with Crippen LogP contribution < -0.4 is 10.6 Å². The number of rotatable bonds is 6. The molecular weight excluding hydrogens is 717 g/mol. The van der Waals surface area contributed by atoms with Crippen molar-refractivity contribution in [2.75, 3.05) is 10.6 Å². The van der Waals surface area contributed by atoms with Gasteiger partial charge in [-0.3, -0.25) is 18.7 Å². The molecule has 4 aliphatic rings. The predicted octanol–water partition coefficient (Wildman–Crippen LogP) is 4.76. The standard InChI is InChI=1S/C35H26N4O11S2/c40-27-17-15-23-25(3-1-5-29(23)51(45,46)47)31(27)38-33(42)19-7-11-21(12-8-19)36-35(44)37-22-13-9-20(10-14-22)34(43)39-32-26-4-2-6-30(52(48,49)50)24(26)16-18-28(32)41/h1-18,29-30,40-41H,(H2,36,37,44)(H,45,46,47)(H,48,49,50). The van der Waals surface area contributed by atoms with Gasteiger partial charge in [-0.1, -0.05) is 48.6 Å². The SMILES string of the molecule is O=C(Nc1ccc(C(=O)N=C2C(O)=CC=C3C2=CC=CC3S(=O)(=O)O)cc1)Nc1ccc(C(=O)N=C2C(O)=CC=C3C2=CC=CC3S(=O)(=O)O)cc1. The molecule has 0 heterocycles. The van der Waals surface area contributed by atoms with Gasteiger partial charge in [0.05, 0.1) is 0 Å². The van der Waals surface area contributed by atoms with Crippen molar-refractivity contribution >= 4 is 60.9 Å². The molecule has 0 radical (unpaired) electrons. The highest BCUT2D eigenvalue weighted by molar-refractivity contribution is 7.87. The molecule has 17 heteroatoms. The number of aliphatic hydroxyl groups excluding tert-OH is 2. The van der Waals surface area contributed by atoms with E-state index in [1.165, 1.54) is 109 Å². The van der Waals surface area contributed by atoms with E-state index in [0.717, 1.165) is 0 Å². The Labute approximate surface area is 296 Å². The third-order valence-corrected chi connectivity index (χ3v) is 10.1. The van der Waals surface area contributed by atoms with Crippen molar-refractivity contribution < 1.29 is 50.5 Å². The van der Waals surface area contributed by atoms with Crippen LogP contribution in [0.4, 0.5) is 16.2 Å². The first-order valence-electron chi connectivity index (χ1n) is 15.1. The second-order valence-electron chi connectivity index (χ2n) is 11.4. The minimum absolute atomic E-state index is 0.0863. The van der Waals surface area contributed by atoms with Crippen LogP contribution in [0, 0.1) is 0 Å². The van der Waals surface area contributed by atoms with Gasteiger partial charge in [-0.15, -0.1) is 0 Å². The van der Waals surface area contributed by atoms with E-state index in [1.807, 2.05) is 0 Å². The normalized spacial score (nSPS) is 21.0. The highest BCUT2D eigenvalue weighted by Crippen LogP contribution is 2.33. The lowest BCUT2D eigenvalue weighted by Gasteiger charge is -2.23. The first kappa shape index (κ1) is 35.6. The Kier molecular flexibility index (Phi) is 9.44. The Balaban J connectivity index is 1.08. The monoisotopic (exact) mass is 742 g/mol. The van der Waals surface area contributed by atoms with Crippen LogP contribution in [0.15, 0.2) is 153 Å². The number of hydrogen-bond donors (Lipinski definition) is 6. The lowest BCUT2D eigenvalue weighted by molar-refractivity contribution is 0.0994. The summed E-state index contributed by atoms with van der Waals surface area (Å²) < 4.78 is 66.5. The molecule has 0 spiro atoms. The highest BCUT2D eigenvalue weighted by atomic mass is 32.2. The fourth-order valence-corrected chi connectivity index (χ4v) is 7.19. The van der Waals surface area contributed by atoms with Crippen molar-refractivity contribution in [1.82, 2.24) is 0 Å². The van der Waals surface area contributed by atoms with Gasteiger partial charge in [-0.2, -0.15) is 16.8 Å². The van der Waals surface area contributed by atoms with Crippen LogP contribution >= 0.6 is 0 Å². The van der Waals surface area contributed by atoms with E-state index in [0.29, 0.717) is 11.4 Å². The summed E-state index contributed by atoms with van der Waals surface area (Å²) in [5.41, 5.74) is 0.992. The number of nitrogens with zero attached hydrogens (tertiary/aromatic N) is 2. The first-order valence-corrected chi connectivity index (χ1v) is 18.1. The lowest BCUT2D eigenvalue weighted by Crippen LogP contribution is -2.28. The molecule has 6 N–H and O–H groups in total. The van der Waals surface area contributed by atoms with Crippen LogP contribution in [0.2, 0.25) is 0 Å². The molecule has 0 aliphatic heterocycles. The number of carbonyl (C=O) groups is 3. The highest BCUT2D eigenvalue weighted by Gasteiger charge is 2.35. The van der Waals surface area contributed by atoms with Gasteiger partial charge in [0, 0.05) is 33.6 Å². The fraction of sp³-hybridized carbons (Fsp3) is 0.0571. The van der Waals surface area contributed by atoms with E-state index >= 15 is 0 Å². The van der Waals surface area contributed by atoms with Gasteiger partial charge in [-0.05, 0) is 71.8 Å². The summed E-state index contributed by atoms with van der Waals surface area (Å²) in [6.07, 6.45) is 13.1. The molecule has 0 fully saturated rings. The number of aliphatic hydroxyl groups is 2. The molecule has 6 rings (SSSR count). The Morgan fingerprint density at radius 1 is 0.558 bits per heavy atom. The van der Waals surface area contributed by atoms with Crippen LogP contribution in [0.3, 0.4) is 0 Å². The summed E-state index contributed by atoms with van der Waals surface area (Å²) in [4.78, 5) is 46.5. The van der Waals surface area contributed by atoms with Crippen LogP contribution in [0.5, 0.6) is 0 Å². The fourth-order valence-electron chi connectivity index (χ4n) is 5.56. The zero-order valence-corrected chi connectivity index (χ0v) is 28.0. The Hall–Kier alpha value is -6.27. The first-order chi connectivity index (χ1) is 24.6. The molecular formula is C35H26N4O11S2. The molecule has 2 unspecified atom stereocenters. The molecule has 0 aromatic heterocycles. The van der Waals surface area contributed by atoms with Crippen molar-refractivity contribution in [3.05, 3.63) is 154 Å². The number of allylic oxidation sites excluding steroid dienone is 10. The molecule has 0 saturated carbocycles. The molecule has 2 aromatic carbocycles. The number of nitrogens with one attached hydrogen (secondary N) is 2. The number of benzene rings is 2. The van der Waals surface area contributed by atoms with Gasteiger partial charge < -0.3 is 20.8 Å². The van der Waals surface area contributed by atoms with E-state index in [4.69, 9.17) is 0 Å². The number of amides is 4. The summed E-state index contributed by atoms with van der Waals surface area (Å²) in [5.74, 6) is -2.30. The zero-order chi connectivity index (χ0) is 37.4. The van der Waals surface area contributed by atoms with Crippen molar-refractivity contribution in [2.45, 2.75) is 10.5 Å². The molecule has 2 aromatic rings. The summed E-state index contributed by atoms with van der Waals surface area (Å²) in [6.45, 7) is 0. The smallest absolute Gasteiger partial charge is 0.323 e. The molecule has 4 aliphatic carbocycles. The maximum atomic E-state index is 13.0. The van der Waals surface area contributed by atoms with E-state index in [2.05, 4.69) is 20.6 Å². The molecule has 52 heavy (non-hydrogen) atoms. The molecule has 15 nitrogen and oxygen atoms in total. The number of anilines is 2. The number of fused-ring (bicyclic) bond motifs is 2. The quantitative estimate of drug-likeness (QED) is 0.220. The van der Waals surface area contributed by atoms with Crippen molar-refractivity contribution in [2.24, 2.45) is 9.98 Å². The van der Waals surface area contributed by atoms with Crippen molar-refractivity contribution in [1.29, 1.82) is 0 Å².